The zero-order valence-corrected chi connectivity index (χ0v) is 11.5. The molecule has 2 N–H and O–H groups in total. The first-order valence-electron chi connectivity index (χ1n) is 6.60. The van der Waals surface area contributed by atoms with E-state index < -0.39 is 11.8 Å². The van der Waals surface area contributed by atoms with Crippen molar-refractivity contribution in [1.29, 1.82) is 0 Å². The SMILES string of the molecule is O=C(Nc1cccnc1)C(=O)Nc1cccc2cccnc12. The van der Waals surface area contributed by atoms with Crippen molar-refractivity contribution >= 4 is 34.1 Å². The molecule has 0 atom stereocenters. The second-order valence-electron chi connectivity index (χ2n) is 4.53. The van der Waals surface area contributed by atoms with Gasteiger partial charge in [-0.2, -0.15) is 0 Å². The lowest BCUT2D eigenvalue weighted by molar-refractivity contribution is -0.132. The third kappa shape index (κ3) is 2.90. The molecule has 6 nitrogen and oxygen atoms in total. The van der Waals surface area contributed by atoms with Crippen LogP contribution < -0.4 is 10.6 Å². The van der Waals surface area contributed by atoms with E-state index in [4.69, 9.17) is 0 Å². The number of benzene rings is 1. The molecule has 0 radical (unpaired) electrons. The Bertz CT molecular complexity index is 828. The second-order valence-corrected chi connectivity index (χ2v) is 4.53. The molecule has 3 rings (SSSR count). The maximum absolute atomic E-state index is 12.0. The monoisotopic (exact) mass is 292 g/mol. The largest absolute Gasteiger partial charge is 0.316 e. The van der Waals surface area contributed by atoms with Gasteiger partial charge in [0.15, 0.2) is 0 Å². The molecule has 0 fully saturated rings. The number of nitrogens with zero attached hydrogens (tertiary/aromatic N) is 2. The summed E-state index contributed by atoms with van der Waals surface area (Å²) in [5.41, 5.74) is 1.58. The van der Waals surface area contributed by atoms with Crippen LogP contribution in [-0.2, 0) is 9.59 Å². The number of pyridine rings is 2. The lowest BCUT2D eigenvalue weighted by Gasteiger charge is -2.08. The molecule has 6 heteroatoms. The number of rotatable bonds is 2. The van der Waals surface area contributed by atoms with Crippen LogP contribution in [-0.4, -0.2) is 21.8 Å². The number of hydrogen-bond acceptors (Lipinski definition) is 4. The van der Waals surface area contributed by atoms with Gasteiger partial charge in [0, 0.05) is 17.8 Å². The minimum Gasteiger partial charge on any atom is -0.316 e. The highest BCUT2D eigenvalue weighted by Gasteiger charge is 2.15. The van der Waals surface area contributed by atoms with Gasteiger partial charge in [0.1, 0.15) is 0 Å². The number of hydrogen-bond donors (Lipinski definition) is 2. The number of aromatic nitrogens is 2. The van der Waals surface area contributed by atoms with Crippen molar-refractivity contribution in [2.45, 2.75) is 0 Å². The maximum Gasteiger partial charge on any atom is 0.314 e. The van der Waals surface area contributed by atoms with E-state index in [-0.39, 0.29) is 0 Å². The quantitative estimate of drug-likeness (QED) is 0.709. The summed E-state index contributed by atoms with van der Waals surface area (Å²) in [5.74, 6) is -1.53. The first-order chi connectivity index (χ1) is 10.7. The fourth-order valence-electron chi connectivity index (χ4n) is 2.01. The van der Waals surface area contributed by atoms with Crippen LogP contribution in [0.2, 0.25) is 0 Å². The van der Waals surface area contributed by atoms with Crippen LogP contribution in [0.1, 0.15) is 0 Å². The molecular weight excluding hydrogens is 280 g/mol. The molecule has 2 aromatic heterocycles. The fourth-order valence-corrected chi connectivity index (χ4v) is 2.01. The Kier molecular flexibility index (Phi) is 3.74. The predicted molar refractivity (Wildman–Crippen MR) is 83.2 cm³/mol. The molecule has 3 aromatic rings. The molecule has 0 aliphatic heterocycles. The highest BCUT2D eigenvalue weighted by Crippen LogP contribution is 2.20. The Morgan fingerprint density at radius 3 is 2.45 bits per heavy atom. The van der Waals surface area contributed by atoms with Crippen molar-refractivity contribution in [3.05, 3.63) is 61.1 Å². The average molecular weight is 292 g/mol. The predicted octanol–water partition coefficient (Wildman–Crippen LogP) is 2.21. The van der Waals surface area contributed by atoms with E-state index in [9.17, 15) is 9.59 Å². The minimum atomic E-state index is -0.763. The van der Waals surface area contributed by atoms with E-state index in [1.165, 1.54) is 6.20 Å². The third-order valence-corrected chi connectivity index (χ3v) is 3.01. The van der Waals surface area contributed by atoms with E-state index in [0.717, 1.165) is 5.39 Å². The molecule has 2 heterocycles. The summed E-state index contributed by atoms with van der Waals surface area (Å²) in [6.45, 7) is 0. The van der Waals surface area contributed by atoms with Crippen molar-refractivity contribution in [3.8, 4) is 0 Å². The molecule has 0 saturated heterocycles. The number of amides is 2. The van der Waals surface area contributed by atoms with Crippen LogP contribution in [0.25, 0.3) is 10.9 Å². The van der Waals surface area contributed by atoms with Crippen LogP contribution in [0.15, 0.2) is 61.1 Å². The normalized spacial score (nSPS) is 10.2. The molecule has 0 saturated carbocycles. The van der Waals surface area contributed by atoms with Crippen LogP contribution in [0, 0.1) is 0 Å². The molecule has 0 unspecified atom stereocenters. The summed E-state index contributed by atoms with van der Waals surface area (Å²) in [6, 6.07) is 12.4. The van der Waals surface area contributed by atoms with Crippen molar-refractivity contribution < 1.29 is 9.59 Å². The van der Waals surface area contributed by atoms with E-state index in [0.29, 0.717) is 16.9 Å². The van der Waals surface area contributed by atoms with Crippen molar-refractivity contribution in [3.63, 3.8) is 0 Å². The van der Waals surface area contributed by atoms with Gasteiger partial charge in [-0.25, -0.2) is 0 Å². The Hall–Kier alpha value is -3.28. The molecule has 0 aliphatic rings. The topological polar surface area (TPSA) is 84.0 Å². The lowest BCUT2D eigenvalue weighted by atomic mass is 10.2. The lowest BCUT2D eigenvalue weighted by Crippen LogP contribution is -2.29. The number of nitrogens with one attached hydrogen (secondary N) is 2. The van der Waals surface area contributed by atoms with Gasteiger partial charge in [-0.15, -0.1) is 0 Å². The summed E-state index contributed by atoms with van der Waals surface area (Å²) in [6.07, 6.45) is 4.68. The van der Waals surface area contributed by atoms with Gasteiger partial charge in [-0.05, 0) is 24.3 Å². The van der Waals surface area contributed by atoms with E-state index >= 15 is 0 Å². The molecule has 0 spiro atoms. The number of anilines is 2. The van der Waals surface area contributed by atoms with Crippen LogP contribution >= 0.6 is 0 Å². The van der Waals surface area contributed by atoms with E-state index in [2.05, 4.69) is 20.6 Å². The van der Waals surface area contributed by atoms with Gasteiger partial charge in [0.05, 0.1) is 23.1 Å². The molecule has 1 aromatic carbocycles. The summed E-state index contributed by atoms with van der Waals surface area (Å²) in [4.78, 5) is 32.0. The summed E-state index contributed by atoms with van der Waals surface area (Å²) in [7, 11) is 0. The van der Waals surface area contributed by atoms with Gasteiger partial charge >= 0.3 is 11.8 Å². The standard InChI is InChI=1S/C16H12N4O2/c21-15(19-12-6-3-8-17-10-12)16(22)20-13-7-1-4-11-5-2-9-18-14(11)13/h1-10H,(H,19,21)(H,20,22). The zero-order chi connectivity index (χ0) is 15.4. The van der Waals surface area contributed by atoms with Gasteiger partial charge in [-0.1, -0.05) is 18.2 Å². The van der Waals surface area contributed by atoms with Gasteiger partial charge in [0.2, 0.25) is 0 Å². The van der Waals surface area contributed by atoms with Gasteiger partial charge in [-0.3, -0.25) is 19.6 Å². The van der Waals surface area contributed by atoms with Crippen molar-refractivity contribution in [1.82, 2.24) is 9.97 Å². The third-order valence-electron chi connectivity index (χ3n) is 3.01. The van der Waals surface area contributed by atoms with Gasteiger partial charge in [0.25, 0.3) is 0 Å². The van der Waals surface area contributed by atoms with E-state index in [1.807, 2.05) is 18.2 Å². The molecule has 108 valence electrons. The first-order valence-corrected chi connectivity index (χ1v) is 6.60. The Labute approximate surface area is 126 Å². The van der Waals surface area contributed by atoms with Gasteiger partial charge < -0.3 is 10.6 Å². The molecular formula is C16H12N4O2. The Morgan fingerprint density at radius 2 is 1.64 bits per heavy atom. The summed E-state index contributed by atoms with van der Waals surface area (Å²) in [5, 5.41) is 5.93. The number of fused-ring (bicyclic) bond motifs is 1. The van der Waals surface area contributed by atoms with Crippen LogP contribution in [0.4, 0.5) is 11.4 Å². The minimum absolute atomic E-state index is 0.457. The maximum atomic E-state index is 12.0. The summed E-state index contributed by atoms with van der Waals surface area (Å²) >= 11 is 0. The molecule has 0 bridgehead atoms. The number of carbonyl (C=O) groups excluding carboxylic acids is 2. The number of para-hydroxylation sites is 1. The molecule has 22 heavy (non-hydrogen) atoms. The van der Waals surface area contributed by atoms with Crippen molar-refractivity contribution in [2.24, 2.45) is 0 Å². The van der Waals surface area contributed by atoms with Crippen LogP contribution in [0.3, 0.4) is 0 Å². The zero-order valence-electron chi connectivity index (χ0n) is 11.5. The second kappa shape index (κ2) is 6.01. The Morgan fingerprint density at radius 1 is 0.864 bits per heavy atom. The van der Waals surface area contributed by atoms with Crippen molar-refractivity contribution in [2.75, 3.05) is 10.6 Å². The highest BCUT2D eigenvalue weighted by molar-refractivity contribution is 6.44. The summed E-state index contributed by atoms with van der Waals surface area (Å²) < 4.78 is 0. The van der Waals surface area contributed by atoms with E-state index in [1.54, 1.807) is 36.7 Å². The average Bonchev–Trinajstić information content (AvgIpc) is 2.56. The molecule has 2 amide bonds. The smallest absolute Gasteiger partial charge is 0.314 e. The fraction of sp³-hybridized carbons (Fsp3) is 0. The highest BCUT2D eigenvalue weighted by atomic mass is 16.2. The number of carbonyl (C=O) groups is 2. The molecule has 0 aliphatic carbocycles. The van der Waals surface area contributed by atoms with Crippen LogP contribution in [0.5, 0.6) is 0 Å². The first kappa shape index (κ1) is 13.7. The Balaban J connectivity index is 1.77.